The van der Waals surface area contributed by atoms with Crippen molar-refractivity contribution < 1.29 is 9.15 Å². The van der Waals surface area contributed by atoms with Gasteiger partial charge in [0.05, 0.1) is 6.61 Å². The molecule has 0 aliphatic rings. The summed E-state index contributed by atoms with van der Waals surface area (Å²) in [5, 5.41) is 1.13. The molecule has 1 atom stereocenters. The first-order chi connectivity index (χ1) is 7.74. The van der Waals surface area contributed by atoms with Crippen LogP contribution in [0.3, 0.4) is 0 Å². The third kappa shape index (κ3) is 2.06. The van der Waals surface area contributed by atoms with Crippen LogP contribution in [0.25, 0.3) is 11.0 Å². The molecule has 0 aliphatic heterocycles. The Morgan fingerprint density at radius 1 is 1.25 bits per heavy atom. The Bertz CT molecular complexity index is 471. The van der Waals surface area contributed by atoms with Gasteiger partial charge >= 0.3 is 0 Å². The fraction of sp³-hybridized carbons (Fsp3) is 0.429. The van der Waals surface area contributed by atoms with Gasteiger partial charge in [0.1, 0.15) is 17.1 Å². The van der Waals surface area contributed by atoms with E-state index in [0.29, 0.717) is 12.5 Å². The summed E-state index contributed by atoms with van der Waals surface area (Å²) in [6.07, 6.45) is 1.10. The summed E-state index contributed by atoms with van der Waals surface area (Å²) >= 11 is 0. The Kier molecular flexibility index (Phi) is 3.18. The van der Waals surface area contributed by atoms with Gasteiger partial charge in [-0.05, 0) is 37.6 Å². The quantitative estimate of drug-likeness (QED) is 0.761. The highest BCUT2D eigenvalue weighted by Gasteiger charge is 2.10. The van der Waals surface area contributed by atoms with Gasteiger partial charge in [-0.1, -0.05) is 13.8 Å². The van der Waals surface area contributed by atoms with Crippen LogP contribution in [0.2, 0.25) is 0 Å². The highest BCUT2D eigenvalue weighted by Crippen LogP contribution is 2.29. The number of hydrogen-bond donors (Lipinski definition) is 0. The molecule has 0 radical (unpaired) electrons. The fourth-order valence-electron chi connectivity index (χ4n) is 1.74. The molecule has 1 aromatic heterocycles. The monoisotopic (exact) mass is 218 g/mol. The van der Waals surface area contributed by atoms with Gasteiger partial charge in [0.25, 0.3) is 0 Å². The van der Waals surface area contributed by atoms with Gasteiger partial charge in [-0.2, -0.15) is 0 Å². The average Bonchev–Trinajstić information content (AvgIpc) is 2.71. The molecule has 0 aliphatic carbocycles. The standard InChI is InChI=1S/C14H18O2/c1-4-10(3)14-9-11-8-12(15-5-2)6-7-13(11)16-14/h6-10H,4-5H2,1-3H3. The molecule has 0 saturated carbocycles. The molecule has 1 heterocycles. The SMILES string of the molecule is CCOc1ccc2oc(C(C)CC)cc2c1. The van der Waals surface area contributed by atoms with Crippen LogP contribution in [0.15, 0.2) is 28.7 Å². The Balaban J connectivity index is 2.38. The predicted octanol–water partition coefficient (Wildman–Crippen LogP) is 4.35. The maximum Gasteiger partial charge on any atom is 0.134 e. The van der Waals surface area contributed by atoms with Gasteiger partial charge in [-0.15, -0.1) is 0 Å². The van der Waals surface area contributed by atoms with Crippen LogP contribution in [0.1, 0.15) is 38.9 Å². The van der Waals surface area contributed by atoms with E-state index >= 15 is 0 Å². The summed E-state index contributed by atoms with van der Waals surface area (Å²) in [6.45, 7) is 7.04. The van der Waals surface area contributed by atoms with E-state index in [1.165, 1.54) is 0 Å². The van der Waals surface area contributed by atoms with Crippen molar-refractivity contribution >= 4 is 11.0 Å². The first-order valence-corrected chi connectivity index (χ1v) is 5.90. The Hall–Kier alpha value is -1.44. The molecule has 0 spiro atoms. The highest BCUT2D eigenvalue weighted by atomic mass is 16.5. The summed E-state index contributed by atoms with van der Waals surface area (Å²) in [4.78, 5) is 0. The zero-order valence-corrected chi connectivity index (χ0v) is 10.1. The topological polar surface area (TPSA) is 22.4 Å². The number of fused-ring (bicyclic) bond motifs is 1. The lowest BCUT2D eigenvalue weighted by Crippen LogP contribution is -1.89. The van der Waals surface area contributed by atoms with Crippen molar-refractivity contribution in [1.82, 2.24) is 0 Å². The summed E-state index contributed by atoms with van der Waals surface area (Å²) < 4.78 is 11.3. The summed E-state index contributed by atoms with van der Waals surface area (Å²) in [5.74, 6) is 2.44. The molecule has 2 rings (SSSR count). The summed E-state index contributed by atoms with van der Waals surface area (Å²) in [5.41, 5.74) is 0.943. The molecule has 0 bridgehead atoms. The molecular formula is C14H18O2. The lowest BCUT2D eigenvalue weighted by Gasteiger charge is -2.01. The second-order valence-electron chi connectivity index (χ2n) is 4.09. The molecule has 1 aromatic carbocycles. The number of furan rings is 1. The van der Waals surface area contributed by atoms with E-state index in [1.54, 1.807) is 0 Å². The van der Waals surface area contributed by atoms with Gasteiger partial charge in [0.15, 0.2) is 0 Å². The van der Waals surface area contributed by atoms with Crippen molar-refractivity contribution in [2.45, 2.75) is 33.1 Å². The minimum absolute atomic E-state index is 0.475. The van der Waals surface area contributed by atoms with Gasteiger partial charge in [-0.25, -0.2) is 0 Å². The molecule has 0 amide bonds. The zero-order chi connectivity index (χ0) is 11.5. The molecule has 1 unspecified atom stereocenters. The first-order valence-electron chi connectivity index (χ1n) is 5.90. The second kappa shape index (κ2) is 4.60. The Morgan fingerprint density at radius 3 is 2.75 bits per heavy atom. The van der Waals surface area contributed by atoms with Crippen LogP contribution in [0.4, 0.5) is 0 Å². The van der Waals surface area contributed by atoms with Crippen LogP contribution in [0, 0.1) is 0 Å². The van der Waals surface area contributed by atoms with E-state index in [9.17, 15) is 0 Å². The van der Waals surface area contributed by atoms with Crippen LogP contribution >= 0.6 is 0 Å². The second-order valence-corrected chi connectivity index (χ2v) is 4.09. The molecule has 86 valence electrons. The number of ether oxygens (including phenoxy) is 1. The number of benzene rings is 1. The van der Waals surface area contributed by atoms with Crippen molar-refractivity contribution in [1.29, 1.82) is 0 Å². The zero-order valence-electron chi connectivity index (χ0n) is 10.1. The third-order valence-corrected chi connectivity index (χ3v) is 2.92. The molecule has 16 heavy (non-hydrogen) atoms. The summed E-state index contributed by atoms with van der Waals surface area (Å²) in [7, 11) is 0. The van der Waals surface area contributed by atoms with Crippen LogP contribution in [-0.2, 0) is 0 Å². The third-order valence-electron chi connectivity index (χ3n) is 2.92. The van der Waals surface area contributed by atoms with Crippen LogP contribution in [0.5, 0.6) is 5.75 Å². The molecule has 0 fully saturated rings. The lowest BCUT2D eigenvalue weighted by atomic mass is 10.1. The van der Waals surface area contributed by atoms with Crippen molar-refractivity contribution in [3.8, 4) is 5.75 Å². The number of rotatable bonds is 4. The smallest absolute Gasteiger partial charge is 0.134 e. The molecule has 0 saturated heterocycles. The van der Waals surface area contributed by atoms with Crippen molar-refractivity contribution in [2.24, 2.45) is 0 Å². The molecule has 0 N–H and O–H groups in total. The minimum Gasteiger partial charge on any atom is -0.494 e. The normalized spacial score (nSPS) is 12.9. The van der Waals surface area contributed by atoms with Crippen molar-refractivity contribution in [3.63, 3.8) is 0 Å². The Labute approximate surface area is 96.2 Å². The van der Waals surface area contributed by atoms with Crippen molar-refractivity contribution in [3.05, 3.63) is 30.0 Å². The van der Waals surface area contributed by atoms with Crippen LogP contribution in [-0.4, -0.2) is 6.61 Å². The first kappa shape index (κ1) is 11.1. The van der Waals surface area contributed by atoms with E-state index in [1.807, 2.05) is 25.1 Å². The maximum atomic E-state index is 5.80. The van der Waals surface area contributed by atoms with E-state index in [2.05, 4.69) is 19.9 Å². The van der Waals surface area contributed by atoms with Crippen LogP contribution < -0.4 is 4.74 Å². The number of hydrogen-bond acceptors (Lipinski definition) is 2. The average molecular weight is 218 g/mol. The van der Waals surface area contributed by atoms with E-state index in [-0.39, 0.29) is 0 Å². The molecule has 2 aromatic rings. The highest BCUT2D eigenvalue weighted by molar-refractivity contribution is 5.79. The Morgan fingerprint density at radius 2 is 2.06 bits per heavy atom. The van der Waals surface area contributed by atoms with E-state index in [4.69, 9.17) is 9.15 Å². The van der Waals surface area contributed by atoms with Gasteiger partial charge < -0.3 is 9.15 Å². The fourth-order valence-corrected chi connectivity index (χ4v) is 1.74. The summed E-state index contributed by atoms with van der Waals surface area (Å²) in [6, 6.07) is 8.09. The van der Waals surface area contributed by atoms with E-state index in [0.717, 1.165) is 28.9 Å². The van der Waals surface area contributed by atoms with Gasteiger partial charge in [-0.3, -0.25) is 0 Å². The largest absolute Gasteiger partial charge is 0.494 e. The lowest BCUT2D eigenvalue weighted by molar-refractivity contribution is 0.340. The van der Waals surface area contributed by atoms with Gasteiger partial charge in [0.2, 0.25) is 0 Å². The molecule has 2 heteroatoms. The van der Waals surface area contributed by atoms with Gasteiger partial charge in [0, 0.05) is 11.3 Å². The maximum absolute atomic E-state index is 5.80. The molecule has 2 nitrogen and oxygen atoms in total. The minimum atomic E-state index is 0.475. The van der Waals surface area contributed by atoms with E-state index < -0.39 is 0 Å². The predicted molar refractivity (Wildman–Crippen MR) is 66.1 cm³/mol. The van der Waals surface area contributed by atoms with Crippen molar-refractivity contribution in [2.75, 3.05) is 6.61 Å². The molecular weight excluding hydrogens is 200 g/mol.